The van der Waals surface area contributed by atoms with E-state index < -0.39 is 0 Å². The van der Waals surface area contributed by atoms with E-state index in [0.29, 0.717) is 11.5 Å². The summed E-state index contributed by atoms with van der Waals surface area (Å²) < 4.78 is 11.6. The Labute approximate surface area is 111 Å². The van der Waals surface area contributed by atoms with Crippen molar-refractivity contribution in [1.29, 1.82) is 0 Å². The highest BCUT2D eigenvalue weighted by Crippen LogP contribution is 2.42. The second-order valence-corrected chi connectivity index (χ2v) is 6.90. The molecule has 1 aliphatic heterocycles. The van der Waals surface area contributed by atoms with Gasteiger partial charge in [0.25, 0.3) is 0 Å². The summed E-state index contributed by atoms with van der Waals surface area (Å²) in [4.78, 5) is 0. The molecule has 0 amide bonds. The normalized spacial score (nSPS) is 38.8. The second-order valence-electron chi connectivity index (χ2n) is 6.90. The molecule has 104 valence electrons. The van der Waals surface area contributed by atoms with Crippen LogP contribution in [0.1, 0.15) is 58.3 Å². The largest absolute Gasteiger partial charge is 0.380 e. The first kappa shape index (κ1) is 12.9. The van der Waals surface area contributed by atoms with E-state index in [-0.39, 0.29) is 0 Å². The molecule has 2 nitrogen and oxygen atoms in total. The van der Waals surface area contributed by atoms with Gasteiger partial charge in [-0.2, -0.15) is 0 Å². The van der Waals surface area contributed by atoms with Crippen LogP contribution in [0.2, 0.25) is 0 Å². The zero-order chi connectivity index (χ0) is 12.4. The van der Waals surface area contributed by atoms with Crippen LogP contribution in [0.4, 0.5) is 0 Å². The number of ether oxygens (including phenoxy) is 2. The predicted octanol–water partition coefficient (Wildman–Crippen LogP) is 3.79. The van der Waals surface area contributed by atoms with Crippen molar-refractivity contribution in [3.63, 3.8) is 0 Å². The third kappa shape index (κ3) is 2.60. The van der Waals surface area contributed by atoms with Crippen LogP contribution < -0.4 is 0 Å². The lowest BCUT2D eigenvalue weighted by molar-refractivity contribution is -0.166. The molecule has 0 aromatic heterocycles. The maximum Gasteiger partial charge on any atom is 0.0578 e. The fraction of sp³-hybridized carbons (Fsp3) is 1.00. The lowest BCUT2D eigenvalue weighted by Crippen LogP contribution is -2.47. The minimum atomic E-state index is 0.364. The SMILES string of the molecule is CCC1(COC2CCC3CCCCC3C2)COC1. The molecule has 0 bridgehead atoms. The van der Waals surface area contributed by atoms with Crippen molar-refractivity contribution >= 4 is 0 Å². The third-order valence-electron chi connectivity index (χ3n) is 5.68. The predicted molar refractivity (Wildman–Crippen MR) is 72.6 cm³/mol. The van der Waals surface area contributed by atoms with Crippen LogP contribution in [0.3, 0.4) is 0 Å². The van der Waals surface area contributed by atoms with Gasteiger partial charge in [-0.05, 0) is 37.5 Å². The maximum absolute atomic E-state index is 6.25. The minimum absolute atomic E-state index is 0.364. The van der Waals surface area contributed by atoms with E-state index in [1.54, 1.807) is 0 Å². The highest BCUT2D eigenvalue weighted by Gasteiger charge is 2.39. The fourth-order valence-corrected chi connectivity index (χ4v) is 4.06. The van der Waals surface area contributed by atoms with Crippen molar-refractivity contribution in [1.82, 2.24) is 0 Å². The standard InChI is InChI=1S/C16H28O2/c1-2-16(10-17-11-16)12-18-15-8-7-13-5-3-4-6-14(13)9-15/h13-15H,2-12H2,1H3. The summed E-state index contributed by atoms with van der Waals surface area (Å²) >= 11 is 0. The van der Waals surface area contributed by atoms with E-state index in [1.807, 2.05) is 0 Å². The van der Waals surface area contributed by atoms with E-state index in [1.165, 1.54) is 51.4 Å². The number of hydrogen-bond acceptors (Lipinski definition) is 2. The maximum atomic E-state index is 6.25. The molecule has 3 aliphatic rings. The Morgan fingerprint density at radius 1 is 1.06 bits per heavy atom. The molecule has 3 fully saturated rings. The van der Waals surface area contributed by atoms with Gasteiger partial charge in [-0.1, -0.05) is 32.6 Å². The molecule has 3 atom stereocenters. The van der Waals surface area contributed by atoms with Crippen LogP contribution >= 0.6 is 0 Å². The summed E-state index contributed by atoms with van der Waals surface area (Å²) in [6, 6.07) is 0. The smallest absolute Gasteiger partial charge is 0.0578 e. The molecule has 0 N–H and O–H groups in total. The van der Waals surface area contributed by atoms with E-state index >= 15 is 0 Å². The van der Waals surface area contributed by atoms with Gasteiger partial charge >= 0.3 is 0 Å². The summed E-state index contributed by atoms with van der Waals surface area (Å²) in [6.07, 6.45) is 11.7. The summed E-state index contributed by atoms with van der Waals surface area (Å²) in [5, 5.41) is 0. The van der Waals surface area contributed by atoms with Crippen molar-refractivity contribution in [2.75, 3.05) is 19.8 Å². The summed E-state index contributed by atoms with van der Waals surface area (Å²) in [7, 11) is 0. The van der Waals surface area contributed by atoms with Gasteiger partial charge in [0.1, 0.15) is 0 Å². The molecule has 2 heteroatoms. The van der Waals surface area contributed by atoms with E-state index in [2.05, 4.69) is 6.92 Å². The average Bonchev–Trinajstić information content (AvgIpc) is 2.38. The first-order valence-electron chi connectivity index (χ1n) is 8.01. The zero-order valence-corrected chi connectivity index (χ0v) is 11.8. The molecule has 2 aliphatic carbocycles. The lowest BCUT2D eigenvalue weighted by Gasteiger charge is -2.43. The second kappa shape index (κ2) is 5.50. The summed E-state index contributed by atoms with van der Waals surface area (Å²) in [5.74, 6) is 2.01. The number of fused-ring (bicyclic) bond motifs is 1. The molecule has 18 heavy (non-hydrogen) atoms. The van der Waals surface area contributed by atoms with Gasteiger partial charge in [-0.25, -0.2) is 0 Å². The van der Waals surface area contributed by atoms with Gasteiger partial charge in [0.2, 0.25) is 0 Å². The average molecular weight is 252 g/mol. The molecule has 1 saturated heterocycles. The van der Waals surface area contributed by atoms with E-state index in [0.717, 1.165) is 31.7 Å². The molecule has 3 rings (SSSR count). The monoisotopic (exact) mass is 252 g/mol. The summed E-state index contributed by atoms with van der Waals surface area (Å²) in [5.41, 5.74) is 0.364. The van der Waals surface area contributed by atoms with Gasteiger partial charge in [0.15, 0.2) is 0 Å². The Morgan fingerprint density at radius 2 is 1.83 bits per heavy atom. The Morgan fingerprint density at radius 3 is 2.50 bits per heavy atom. The van der Waals surface area contributed by atoms with E-state index in [4.69, 9.17) is 9.47 Å². The third-order valence-corrected chi connectivity index (χ3v) is 5.68. The molecular weight excluding hydrogens is 224 g/mol. The molecule has 0 aromatic rings. The van der Waals surface area contributed by atoms with Gasteiger partial charge in [0, 0.05) is 5.41 Å². The molecule has 1 heterocycles. The van der Waals surface area contributed by atoms with Crippen LogP contribution in [0.15, 0.2) is 0 Å². The van der Waals surface area contributed by atoms with Crippen molar-refractivity contribution < 1.29 is 9.47 Å². The lowest BCUT2D eigenvalue weighted by atomic mass is 9.70. The van der Waals surface area contributed by atoms with Gasteiger partial charge in [-0.15, -0.1) is 0 Å². The molecule has 2 saturated carbocycles. The van der Waals surface area contributed by atoms with Crippen molar-refractivity contribution in [3.05, 3.63) is 0 Å². The van der Waals surface area contributed by atoms with Crippen LogP contribution in [0.25, 0.3) is 0 Å². The van der Waals surface area contributed by atoms with Crippen molar-refractivity contribution in [2.24, 2.45) is 17.3 Å². The molecule has 3 unspecified atom stereocenters. The minimum Gasteiger partial charge on any atom is -0.380 e. The fourth-order valence-electron chi connectivity index (χ4n) is 4.06. The van der Waals surface area contributed by atoms with E-state index in [9.17, 15) is 0 Å². The first-order valence-corrected chi connectivity index (χ1v) is 8.01. The molecule has 0 radical (unpaired) electrons. The summed E-state index contributed by atoms with van der Waals surface area (Å²) in [6.45, 7) is 5.04. The molecule has 0 spiro atoms. The Hall–Kier alpha value is -0.0800. The van der Waals surface area contributed by atoms with Crippen LogP contribution in [0, 0.1) is 17.3 Å². The van der Waals surface area contributed by atoms with Gasteiger partial charge in [-0.3, -0.25) is 0 Å². The van der Waals surface area contributed by atoms with Crippen molar-refractivity contribution in [3.8, 4) is 0 Å². The Kier molecular flexibility index (Phi) is 3.95. The highest BCUT2D eigenvalue weighted by atomic mass is 16.5. The van der Waals surface area contributed by atoms with Crippen LogP contribution in [0.5, 0.6) is 0 Å². The Balaban J connectivity index is 1.46. The molecular formula is C16H28O2. The topological polar surface area (TPSA) is 18.5 Å². The van der Waals surface area contributed by atoms with Crippen LogP contribution in [-0.4, -0.2) is 25.9 Å². The quantitative estimate of drug-likeness (QED) is 0.758. The van der Waals surface area contributed by atoms with Gasteiger partial charge < -0.3 is 9.47 Å². The number of rotatable bonds is 4. The van der Waals surface area contributed by atoms with Gasteiger partial charge in [0.05, 0.1) is 25.9 Å². The highest BCUT2D eigenvalue weighted by molar-refractivity contribution is 4.87. The molecule has 0 aromatic carbocycles. The Bertz CT molecular complexity index is 267. The van der Waals surface area contributed by atoms with Crippen LogP contribution in [-0.2, 0) is 9.47 Å². The number of hydrogen-bond donors (Lipinski definition) is 0. The zero-order valence-electron chi connectivity index (χ0n) is 11.8. The first-order chi connectivity index (χ1) is 8.81. The van der Waals surface area contributed by atoms with Crippen molar-refractivity contribution in [2.45, 2.75) is 64.4 Å².